The summed E-state index contributed by atoms with van der Waals surface area (Å²) >= 11 is 1.40. The molecule has 1 aromatic heterocycles. The van der Waals surface area contributed by atoms with Gasteiger partial charge in [-0.3, -0.25) is 9.59 Å². The van der Waals surface area contributed by atoms with Crippen LogP contribution < -0.4 is 0 Å². The highest BCUT2D eigenvalue weighted by molar-refractivity contribution is 7.11. The number of hydrogen-bond acceptors (Lipinski definition) is 5. The van der Waals surface area contributed by atoms with Crippen molar-refractivity contribution < 1.29 is 9.59 Å². The van der Waals surface area contributed by atoms with Crippen molar-refractivity contribution >= 4 is 23.2 Å². The molecule has 0 bridgehead atoms. The number of likely N-dealkylation sites (tertiary alicyclic amines) is 2. The van der Waals surface area contributed by atoms with E-state index in [0.29, 0.717) is 12.8 Å². The van der Waals surface area contributed by atoms with Gasteiger partial charge in [0.2, 0.25) is 11.8 Å². The zero-order chi connectivity index (χ0) is 16.1. The monoisotopic (exact) mass is 336 g/mol. The normalized spacial score (nSPS) is 19.0. The van der Waals surface area contributed by atoms with E-state index in [-0.39, 0.29) is 11.8 Å². The minimum absolute atomic E-state index is 0.134. The second kappa shape index (κ2) is 7.86. The Morgan fingerprint density at radius 1 is 0.739 bits per heavy atom. The Hall–Kier alpha value is -1.50. The molecule has 0 radical (unpaired) electrons. The number of aromatic nitrogens is 2. The molecule has 2 aliphatic rings. The molecule has 0 saturated carbocycles. The van der Waals surface area contributed by atoms with Crippen LogP contribution in [0.5, 0.6) is 0 Å². The van der Waals surface area contributed by atoms with Gasteiger partial charge in [-0.1, -0.05) is 0 Å². The maximum Gasteiger partial charge on any atom is 0.229 e. The van der Waals surface area contributed by atoms with Gasteiger partial charge < -0.3 is 9.80 Å². The fraction of sp³-hybridized carbons (Fsp3) is 0.750. The first-order valence-corrected chi connectivity index (χ1v) is 9.41. The number of rotatable bonds is 4. The third-order valence-corrected chi connectivity index (χ3v) is 5.45. The highest BCUT2D eigenvalue weighted by Gasteiger charge is 2.21. The number of carbonyl (C=O) groups is 2. The average molecular weight is 336 g/mol. The van der Waals surface area contributed by atoms with E-state index >= 15 is 0 Å². The van der Waals surface area contributed by atoms with E-state index in [1.807, 2.05) is 9.80 Å². The maximum absolute atomic E-state index is 12.2. The van der Waals surface area contributed by atoms with Crippen LogP contribution >= 0.6 is 11.3 Å². The molecule has 0 atom stereocenters. The van der Waals surface area contributed by atoms with Gasteiger partial charge in [-0.15, -0.1) is 21.5 Å². The Balaban J connectivity index is 1.51. The number of amides is 2. The smallest absolute Gasteiger partial charge is 0.229 e. The molecular formula is C16H24N4O2S. The fourth-order valence-corrected chi connectivity index (χ4v) is 4.03. The number of hydrogen-bond donors (Lipinski definition) is 0. The SMILES string of the molecule is O=C(Cc1nnc(CC(=O)N2CCCCC2)s1)N1CCCCC1. The quantitative estimate of drug-likeness (QED) is 0.838. The van der Waals surface area contributed by atoms with Crippen molar-refractivity contribution in [2.75, 3.05) is 26.2 Å². The highest BCUT2D eigenvalue weighted by Crippen LogP contribution is 2.16. The standard InChI is InChI=1S/C16H24N4O2S/c21-15(19-7-3-1-4-8-19)11-13-17-18-14(23-13)12-16(22)20-9-5-2-6-10-20/h1-12H2. The van der Waals surface area contributed by atoms with Gasteiger partial charge in [0.25, 0.3) is 0 Å². The van der Waals surface area contributed by atoms with Crippen molar-refractivity contribution in [2.45, 2.75) is 51.4 Å². The molecule has 0 aromatic carbocycles. The van der Waals surface area contributed by atoms with Crippen molar-refractivity contribution in [3.63, 3.8) is 0 Å². The molecular weight excluding hydrogens is 312 g/mol. The second-order valence-electron chi connectivity index (χ2n) is 6.33. The Kier molecular flexibility index (Phi) is 5.59. The van der Waals surface area contributed by atoms with Gasteiger partial charge in [0, 0.05) is 26.2 Å². The minimum atomic E-state index is 0.134. The summed E-state index contributed by atoms with van der Waals surface area (Å²) in [6, 6.07) is 0. The van der Waals surface area contributed by atoms with E-state index in [2.05, 4.69) is 10.2 Å². The van der Waals surface area contributed by atoms with E-state index in [4.69, 9.17) is 0 Å². The van der Waals surface area contributed by atoms with Gasteiger partial charge in [0.05, 0.1) is 12.8 Å². The summed E-state index contributed by atoms with van der Waals surface area (Å²) in [4.78, 5) is 28.3. The minimum Gasteiger partial charge on any atom is -0.342 e. The van der Waals surface area contributed by atoms with E-state index in [1.165, 1.54) is 24.2 Å². The molecule has 126 valence electrons. The second-order valence-corrected chi connectivity index (χ2v) is 7.47. The molecule has 23 heavy (non-hydrogen) atoms. The lowest BCUT2D eigenvalue weighted by Gasteiger charge is -2.26. The van der Waals surface area contributed by atoms with Gasteiger partial charge in [0.1, 0.15) is 10.0 Å². The lowest BCUT2D eigenvalue weighted by molar-refractivity contribution is -0.132. The lowest BCUT2D eigenvalue weighted by Crippen LogP contribution is -2.36. The molecule has 0 spiro atoms. The van der Waals surface area contributed by atoms with Gasteiger partial charge >= 0.3 is 0 Å². The van der Waals surface area contributed by atoms with E-state index in [9.17, 15) is 9.59 Å². The molecule has 6 nitrogen and oxygen atoms in total. The highest BCUT2D eigenvalue weighted by atomic mass is 32.1. The van der Waals surface area contributed by atoms with Crippen LogP contribution in [0.3, 0.4) is 0 Å². The van der Waals surface area contributed by atoms with Crippen molar-refractivity contribution in [3.05, 3.63) is 10.0 Å². The van der Waals surface area contributed by atoms with Gasteiger partial charge in [0.15, 0.2) is 0 Å². The van der Waals surface area contributed by atoms with Gasteiger partial charge in [-0.05, 0) is 38.5 Å². The molecule has 2 aliphatic heterocycles. The van der Waals surface area contributed by atoms with Crippen LogP contribution in [-0.4, -0.2) is 58.0 Å². The van der Waals surface area contributed by atoms with Crippen LogP contribution in [0.1, 0.15) is 48.5 Å². The zero-order valence-electron chi connectivity index (χ0n) is 13.5. The first-order chi connectivity index (χ1) is 11.2. The Morgan fingerprint density at radius 3 is 1.52 bits per heavy atom. The van der Waals surface area contributed by atoms with Crippen molar-refractivity contribution in [1.29, 1.82) is 0 Å². The van der Waals surface area contributed by atoms with Crippen LogP contribution in [0.25, 0.3) is 0 Å². The molecule has 0 unspecified atom stereocenters. The average Bonchev–Trinajstić information content (AvgIpc) is 3.03. The summed E-state index contributed by atoms with van der Waals surface area (Å²) < 4.78 is 0. The van der Waals surface area contributed by atoms with E-state index in [0.717, 1.165) is 61.9 Å². The van der Waals surface area contributed by atoms with E-state index in [1.54, 1.807) is 0 Å². The summed E-state index contributed by atoms with van der Waals surface area (Å²) in [6.45, 7) is 3.44. The van der Waals surface area contributed by atoms with Gasteiger partial charge in [-0.25, -0.2) is 0 Å². The summed E-state index contributed by atoms with van der Waals surface area (Å²) in [5.74, 6) is 0.268. The van der Waals surface area contributed by atoms with Crippen LogP contribution in [0, 0.1) is 0 Å². The Labute approximate surface area is 140 Å². The molecule has 3 heterocycles. The third kappa shape index (κ3) is 4.50. The molecule has 1 aromatic rings. The van der Waals surface area contributed by atoms with Crippen LogP contribution in [0.2, 0.25) is 0 Å². The van der Waals surface area contributed by atoms with Crippen LogP contribution in [-0.2, 0) is 22.4 Å². The summed E-state index contributed by atoms with van der Waals surface area (Å²) in [5, 5.41) is 9.65. The maximum atomic E-state index is 12.2. The topological polar surface area (TPSA) is 66.4 Å². The summed E-state index contributed by atoms with van der Waals surface area (Å²) in [5.41, 5.74) is 0. The molecule has 3 rings (SSSR count). The molecule has 7 heteroatoms. The number of carbonyl (C=O) groups excluding carboxylic acids is 2. The predicted molar refractivity (Wildman–Crippen MR) is 88.2 cm³/mol. The van der Waals surface area contributed by atoms with Crippen molar-refractivity contribution in [1.82, 2.24) is 20.0 Å². The third-order valence-electron chi connectivity index (χ3n) is 4.53. The molecule has 2 amide bonds. The first-order valence-electron chi connectivity index (χ1n) is 8.59. The zero-order valence-corrected chi connectivity index (χ0v) is 14.3. The Bertz CT molecular complexity index is 502. The fourth-order valence-electron chi connectivity index (χ4n) is 3.20. The van der Waals surface area contributed by atoms with E-state index < -0.39 is 0 Å². The number of nitrogens with zero attached hydrogens (tertiary/aromatic N) is 4. The number of piperidine rings is 2. The van der Waals surface area contributed by atoms with Crippen LogP contribution in [0.4, 0.5) is 0 Å². The summed E-state index contributed by atoms with van der Waals surface area (Å²) in [6.07, 6.45) is 7.44. The molecule has 2 fully saturated rings. The van der Waals surface area contributed by atoms with Crippen LogP contribution in [0.15, 0.2) is 0 Å². The Morgan fingerprint density at radius 2 is 1.13 bits per heavy atom. The molecule has 0 aliphatic carbocycles. The lowest BCUT2D eigenvalue weighted by atomic mass is 10.1. The largest absolute Gasteiger partial charge is 0.342 e. The molecule has 0 N–H and O–H groups in total. The summed E-state index contributed by atoms with van der Waals surface area (Å²) in [7, 11) is 0. The molecule has 2 saturated heterocycles. The predicted octanol–water partition coefficient (Wildman–Crippen LogP) is 1.65. The van der Waals surface area contributed by atoms with Crippen molar-refractivity contribution in [2.24, 2.45) is 0 Å². The van der Waals surface area contributed by atoms with Crippen molar-refractivity contribution in [3.8, 4) is 0 Å². The first kappa shape index (κ1) is 16.4. The van der Waals surface area contributed by atoms with Gasteiger partial charge in [-0.2, -0.15) is 0 Å².